The first kappa shape index (κ1) is 15.3. The van der Waals surface area contributed by atoms with Crippen molar-refractivity contribution in [2.24, 2.45) is 0 Å². The first-order valence-corrected chi connectivity index (χ1v) is 6.64. The number of aryl methyl sites for hydroxylation is 2. The van der Waals surface area contributed by atoms with Crippen LogP contribution < -0.4 is 9.47 Å². The number of hydrogen-bond donors (Lipinski definition) is 1. The Morgan fingerprint density at radius 3 is 1.95 bits per heavy atom. The number of rotatable bonds is 4. The molecule has 21 heavy (non-hydrogen) atoms. The van der Waals surface area contributed by atoms with Crippen molar-refractivity contribution < 1.29 is 19.0 Å². The van der Waals surface area contributed by atoms with Gasteiger partial charge < -0.3 is 14.6 Å². The Balaban J connectivity index is 2.49. The molecule has 0 fully saturated rings. The van der Waals surface area contributed by atoms with E-state index in [1.165, 1.54) is 26.4 Å². The lowest BCUT2D eigenvalue weighted by molar-refractivity contribution is 0.213. The average molecular weight is 290 g/mol. The van der Waals surface area contributed by atoms with Crippen molar-refractivity contribution in [2.45, 2.75) is 20.0 Å². The van der Waals surface area contributed by atoms with Gasteiger partial charge in [-0.3, -0.25) is 0 Å². The molecule has 0 aliphatic rings. The van der Waals surface area contributed by atoms with E-state index in [0.717, 1.165) is 11.1 Å². The molecular formula is C17H19FO3. The molecule has 112 valence electrons. The van der Waals surface area contributed by atoms with Gasteiger partial charge in [-0.2, -0.15) is 0 Å². The molecule has 0 spiro atoms. The lowest BCUT2D eigenvalue weighted by atomic mass is 9.97. The second-order valence-corrected chi connectivity index (χ2v) is 5.05. The zero-order chi connectivity index (χ0) is 15.6. The highest BCUT2D eigenvalue weighted by Crippen LogP contribution is 2.34. The summed E-state index contributed by atoms with van der Waals surface area (Å²) in [5.74, 6) is 0.156. The minimum absolute atomic E-state index is 0.164. The summed E-state index contributed by atoms with van der Waals surface area (Å²) in [5.41, 5.74) is 2.85. The molecule has 0 aliphatic carbocycles. The predicted molar refractivity (Wildman–Crippen MR) is 79.5 cm³/mol. The van der Waals surface area contributed by atoms with Crippen molar-refractivity contribution in [3.63, 3.8) is 0 Å². The first-order valence-electron chi connectivity index (χ1n) is 6.64. The van der Waals surface area contributed by atoms with Gasteiger partial charge in [0.05, 0.1) is 14.2 Å². The van der Waals surface area contributed by atoms with E-state index in [-0.39, 0.29) is 5.56 Å². The zero-order valence-corrected chi connectivity index (χ0v) is 12.6. The summed E-state index contributed by atoms with van der Waals surface area (Å²) >= 11 is 0. The molecule has 0 aliphatic heterocycles. The van der Waals surface area contributed by atoms with Crippen LogP contribution in [0.4, 0.5) is 4.39 Å². The van der Waals surface area contributed by atoms with E-state index >= 15 is 0 Å². The van der Waals surface area contributed by atoms with Crippen LogP contribution in [0.1, 0.15) is 28.4 Å². The third kappa shape index (κ3) is 3.16. The summed E-state index contributed by atoms with van der Waals surface area (Å²) in [7, 11) is 2.92. The Bertz CT molecular complexity index is 632. The molecule has 0 heterocycles. The van der Waals surface area contributed by atoms with Crippen LogP contribution >= 0.6 is 0 Å². The van der Waals surface area contributed by atoms with Crippen LogP contribution in [0, 0.1) is 19.7 Å². The zero-order valence-electron chi connectivity index (χ0n) is 12.6. The molecule has 1 unspecified atom stereocenters. The lowest BCUT2D eigenvalue weighted by Crippen LogP contribution is -2.05. The summed E-state index contributed by atoms with van der Waals surface area (Å²) < 4.78 is 24.4. The molecule has 0 amide bonds. The Morgan fingerprint density at radius 1 is 0.905 bits per heavy atom. The van der Waals surface area contributed by atoms with Gasteiger partial charge in [0.15, 0.2) is 11.5 Å². The molecule has 0 saturated heterocycles. The van der Waals surface area contributed by atoms with E-state index in [9.17, 15) is 9.50 Å². The van der Waals surface area contributed by atoms with Crippen LogP contribution in [-0.4, -0.2) is 19.3 Å². The highest BCUT2D eigenvalue weighted by Gasteiger charge is 2.19. The second-order valence-electron chi connectivity index (χ2n) is 5.05. The van der Waals surface area contributed by atoms with Crippen LogP contribution in [-0.2, 0) is 0 Å². The molecule has 1 atom stereocenters. The third-order valence-corrected chi connectivity index (χ3v) is 3.36. The molecule has 4 heteroatoms. The molecule has 2 aromatic rings. The maximum Gasteiger partial charge on any atom is 0.163 e. The van der Waals surface area contributed by atoms with Crippen LogP contribution in [0.5, 0.6) is 11.5 Å². The number of benzene rings is 2. The van der Waals surface area contributed by atoms with Crippen molar-refractivity contribution in [3.05, 3.63) is 58.4 Å². The van der Waals surface area contributed by atoms with Gasteiger partial charge >= 0.3 is 0 Å². The Kier molecular flexibility index (Phi) is 4.48. The SMILES string of the molecule is COc1cc(F)c(C(O)c2cc(C)cc(C)c2)cc1OC. The molecule has 1 N–H and O–H groups in total. The van der Waals surface area contributed by atoms with Crippen molar-refractivity contribution in [1.82, 2.24) is 0 Å². The van der Waals surface area contributed by atoms with Gasteiger partial charge in [-0.05, 0) is 25.5 Å². The van der Waals surface area contributed by atoms with Gasteiger partial charge in [0.25, 0.3) is 0 Å². The second kappa shape index (κ2) is 6.14. The van der Waals surface area contributed by atoms with Crippen LogP contribution in [0.3, 0.4) is 0 Å². The van der Waals surface area contributed by atoms with Gasteiger partial charge in [-0.15, -0.1) is 0 Å². The Labute approximate surface area is 124 Å². The van der Waals surface area contributed by atoms with Crippen molar-refractivity contribution in [3.8, 4) is 11.5 Å². The van der Waals surface area contributed by atoms with Crippen LogP contribution in [0.2, 0.25) is 0 Å². The van der Waals surface area contributed by atoms with E-state index in [4.69, 9.17) is 9.47 Å². The smallest absolute Gasteiger partial charge is 0.163 e. The standard InChI is InChI=1S/C17H19FO3/c1-10-5-11(2)7-12(6-10)17(19)13-8-15(20-3)16(21-4)9-14(13)18/h5-9,17,19H,1-4H3. The fraction of sp³-hybridized carbons (Fsp3) is 0.294. The largest absolute Gasteiger partial charge is 0.493 e. The van der Waals surface area contributed by atoms with Gasteiger partial charge in [-0.1, -0.05) is 29.3 Å². The van der Waals surface area contributed by atoms with E-state index in [2.05, 4.69) is 0 Å². The highest BCUT2D eigenvalue weighted by atomic mass is 19.1. The summed E-state index contributed by atoms with van der Waals surface area (Å²) in [5, 5.41) is 10.5. The monoisotopic (exact) mass is 290 g/mol. The maximum absolute atomic E-state index is 14.2. The minimum Gasteiger partial charge on any atom is -0.493 e. The van der Waals surface area contributed by atoms with Crippen molar-refractivity contribution in [1.29, 1.82) is 0 Å². The van der Waals surface area contributed by atoms with E-state index in [0.29, 0.717) is 17.1 Å². The lowest BCUT2D eigenvalue weighted by Gasteiger charge is -2.16. The Hall–Kier alpha value is -2.07. The van der Waals surface area contributed by atoms with Crippen LogP contribution in [0.25, 0.3) is 0 Å². The van der Waals surface area contributed by atoms with E-state index < -0.39 is 11.9 Å². The summed E-state index contributed by atoms with van der Waals surface area (Å²) in [4.78, 5) is 0. The summed E-state index contributed by atoms with van der Waals surface area (Å²) in [6.07, 6.45) is -1.05. The molecule has 0 aromatic heterocycles. The molecule has 0 bridgehead atoms. The molecular weight excluding hydrogens is 271 g/mol. The molecule has 0 saturated carbocycles. The Morgan fingerprint density at radius 2 is 1.43 bits per heavy atom. The third-order valence-electron chi connectivity index (χ3n) is 3.36. The van der Waals surface area contributed by atoms with Gasteiger partial charge in [0.2, 0.25) is 0 Å². The number of aliphatic hydroxyl groups is 1. The first-order chi connectivity index (χ1) is 9.96. The normalized spacial score (nSPS) is 12.1. The van der Waals surface area contributed by atoms with Crippen LogP contribution in [0.15, 0.2) is 30.3 Å². The van der Waals surface area contributed by atoms with E-state index in [1.807, 2.05) is 32.0 Å². The fourth-order valence-corrected chi connectivity index (χ4v) is 2.43. The van der Waals surface area contributed by atoms with Crippen molar-refractivity contribution >= 4 is 0 Å². The number of hydrogen-bond acceptors (Lipinski definition) is 3. The number of ether oxygens (including phenoxy) is 2. The number of halogens is 1. The summed E-state index contributed by atoms with van der Waals surface area (Å²) in [6.45, 7) is 3.88. The molecule has 0 radical (unpaired) electrons. The highest BCUT2D eigenvalue weighted by molar-refractivity contribution is 5.46. The molecule has 3 nitrogen and oxygen atoms in total. The fourth-order valence-electron chi connectivity index (χ4n) is 2.43. The number of methoxy groups -OCH3 is 2. The van der Waals surface area contributed by atoms with Gasteiger partial charge in [0, 0.05) is 11.6 Å². The van der Waals surface area contributed by atoms with Crippen molar-refractivity contribution in [2.75, 3.05) is 14.2 Å². The minimum atomic E-state index is -1.05. The quantitative estimate of drug-likeness (QED) is 0.936. The molecule has 2 rings (SSSR count). The predicted octanol–water partition coefficient (Wildman–Crippen LogP) is 3.54. The average Bonchev–Trinajstić information content (AvgIpc) is 2.45. The topological polar surface area (TPSA) is 38.7 Å². The summed E-state index contributed by atoms with van der Waals surface area (Å²) in [6, 6.07) is 8.37. The number of aliphatic hydroxyl groups excluding tert-OH is 1. The molecule has 2 aromatic carbocycles. The van der Waals surface area contributed by atoms with Gasteiger partial charge in [-0.25, -0.2) is 4.39 Å². The maximum atomic E-state index is 14.2. The van der Waals surface area contributed by atoms with E-state index in [1.54, 1.807) is 0 Å². The van der Waals surface area contributed by atoms with Gasteiger partial charge in [0.1, 0.15) is 11.9 Å².